The summed E-state index contributed by atoms with van der Waals surface area (Å²) in [6, 6.07) is 7.10. The molecule has 0 N–H and O–H groups in total. The highest BCUT2D eigenvalue weighted by Crippen LogP contribution is 2.26. The predicted octanol–water partition coefficient (Wildman–Crippen LogP) is 6.15. The minimum atomic E-state index is -3.59. The first-order valence-electron chi connectivity index (χ1n) is 9.70. The van der Waals surface area contributed by atoms with Crippen molar-refractivity contribution in [2.75, 3.05) is 7.11 Å². The van der Waals surface area contributed by atoms with Crippen LogP contribution in [0.4, 0.5) is 0 Å². The van der Waals surface area contributed by atoms with Crippen LogP contribution in [0.5, 0.6) is 0 Å². The summed E-state index contributed by atoms with van der Waals surface area (Å²) >= 11 is 0. The summed E-state index contributed by atoms with van der Waals surface area (Å²) in [4.78, 5) is 0.223. The molecular formula is C21H36O3S. The molecule has 25 heavy (non-hydrogen) atoms. The molecule has 0 aliphatic carbocycles. The van der Waals surface area contributed by atoms with Crippen molar-refractivity contribution in [1.29, 1.82) is 0 Å². The lowest BCUT2D eigenvalue weighted by atomic mass is 9.90. The van der Waals surface area contributed by atoms with E-state index in [-0.39, 0.29) is 4.90 Å². The molecule has 3 unspecified atom stereocenters. The van der Waals surface area contributed by atoms with Crippen LogP contribution < -0.4 is 0 Å². The second kappa shape index (κ2) is 11.0. The van der Waals surface area contributed by atoms with Gasteiger partial charge >= 0.3 is 0 Å². The fraction of sp³-hybridized carbons (Fsp3) is 0.714. The van der Waals surface area contributed by atoms with Crippen molar-refractivity contribution in [2.45, 2.75) is 83.5 Å². The van der Waals surface area contributed by atoms with Gasteiger partial charge in [0.2, 0.25) is 0 Å². The van der Waals surface area contributed by atoms with E-state index < -0.39 is 10.1 Å². The molecule has 0 bridgehead atoms. The monoisotopic (exact) mass is 368 g/mol. The summed E-state index contributed by atoms with van der Waals surface area (Å²) in [6.07, 6.45) is 8.98. The van der Waals surface area contributed by atoms with Gasteiger partial charge < -0.3 is 0 Å². The average molecular weight is 369 g/mol. The number of hydrogen-bond acceptors (Lipinski definition) is 3. The molecule has 3 atom stereocenters. The van der Waals surface area contributed by atoms with E-state index in [1.54, 1.807) is 12.1 Å². The molecule has 0 radical (unpaired) electrons. The summed E-state index contributed by atoms with van der Waals surface area (Å²) in [7, 11) is -2.40. The van der Waals surface area contributed by atoms with Crippen LogP contribution >= 0.6 is 0 Å². The van der Waals surface area contributed by atoms with Crippen LogP contribution in [0, 0.1) is 11.8 Å². The fourth-order valence-corrected chi connectivity index (χ4v) is 3.82. The lowest BCUT2D eigenvalue weighted by molar-refractivity contribution is 0.397. The molecular weight excluding hydrogens is 332 g/mol. The van der Waals surface area contributed by atoms with E-state index in [4.69, 9.17) is 0 Å². The summed E-state index contributed by atoms with van der Waals surface area (Å²) in [6.45, 7) is 9.20. The van der Waals surface area contributed by atoms with E-state index in [1.165, 1.54) is 51.2 Å². The second-order valence-electron chi connectivity index (χ2n) is 7.57. The van der Waals surface area contributed by atoms with Gasteiger partial charge in [0.25, 0.3) is 10.1 Å². The molecule has 0 heterocycles. The molecule has 1 rings (SSSR count). The maximum absolute atomic E-state index is 11.7. The molecule has 1 aromatic rings. The predicted molar refractivity (Wildman–Crippen MR) is 105 cm³/mol. The first-order valence-corrected chi connectivity index (χ1v) is 11.1. The highest BCUT2D eigenvalue weighted by Gasteiger charge is 2.14. The second-order valence-corrected chi connectivity index (χ2v) is 9.28. The first kappa shape index (κ1) is 22.2. The van der Waals surface area contributed by atoms with Crippen molar-refractivity contribution in [3.05, 3.63) is 29.8 Å². The van der Waals surface area contributed by atoms with Crippen LogP contribution in [0.3, 0.4) is 0 Å². The van der Waals surface area contributed by atoms with E-state index in [1.807, 2.05) is 12.1 Å². The van der Waals surface area contributed by atoms with Crippen LogP contribution in [-0.4, -0.2) is 15.5 Å². The molecule has 0 amide bonds. The van der Waals surface area contributed by atoms with E-state index in [9.17, 15) is 8.42 Å². The van der Waals surface area contributed by atoms with Crippen LogP contribution in [0.15, 0.2) is 29.2 Å². The Kier molecular flexibility index (Phi) is 9.73. The topological polar surface area (TPSA) is 43.4 Å². The minimum absolute atomic E-state index is 0.223. The number of benzene rings is 1. The Labute approximate surface area is 155 Å². The maximum Gasteiger partial charge on any atom is 0.296 e. The van der Waals surface area contributed by atoms with E-state index in [2.05, 4.69) is 31.9 Å². The van der Waals surface area contributed by atoms with Gasteiger partial charge in [0.15, 0.2) is 0 Å². The molecule has 0 saturated carbocycles. The van der Waals surface area contributed by atoms with Gasteiger partial charge in [-0.1, -0.05) is 78.4 Å². The van der Waals surface area contributed by atoms with Crippen molar-refractivity contribution in [1.82, 2.24) is 0 Å². The van der Waals surface area contributed by atoms with Gasteiger partial charge in [-0.15, -0.1) is 0 Å². The highest BCUT2D eigenvalue weighted by atomic mass is 32.2. The van der Waals surface area contributed by atoms with Crippen LogP contribution in [-0.2, 0) is 14.3 Å². The normalized spacial score (nSPS) is 15.7. The van der Waals surface area contributed by atoms with E-state index in [0.717, 1.165) is 18.3 Å². The highest BCUT2D eigenvalue weighted by molar-refractivity contribution is 7.86. The van der Waals surface area contributed by atoms with Gasteiger partial charge in [-0.25, -0.2) is 0 Å². The lowest BCUT2D eigenvalue weighted by Crippen LogP contribution is -2.03. The number of rotatable bonds is 12. The van der Waals surface area contributed by atoms with Crippen molar-refractivity contribution >= 4 is 10.1 Å². The molecule has 0 aliphatic rings. The smallest absolute Gasteiger partial charge is 0.270 e. The molecule has 144 valence electrons. The quantitative estimate of drug-likeness (QED) is 0.416. The van der Waals surface area contributed by atoms with Gasteiger partial charge in [-0.05, 0) is 41.9 Å². The average Bonchev–Trinajstić information content (AvgIpc) is 2.61. The Balaban J connectivity index is 2.35. The molecule has 4 heteroatoms. The van der Waals surface area contributed by atoms with Gasteiger partial charge in [-0.3, -0.25) is 4.18 Å². The molecule has 3 nitrogen and oxygen atoms in total. The van der Waals surface area contributed by atoms with Crippen molar-refractivity contribution in [3.8, 4) is 0 Å². The SMILES string of the molecule is CCC(C)CCCC(C)CCCC(C)c1ccc(S(=O)(=O)OC)cc1. The zero-order valence-corrected chi connectivity index (χ0v) is 17.4. The summed E-state index contributed by atoms with van der Waals surface area (Å²) in [5, 5.41) is 0. The Morgan fingerprint density at radius 3 is 1.92 bits per heavy atom. The Morgan fingerprint density at radius 1 is 0.880 bits per heavy atom. The molecule has 1 aromatic carbocycles. The fourth-order valence-electron chi connectivity index (χ4n) is 3.16. The summed E-state index contributed by atoms with van der Waals surface area (Å²) < 4.78 is 27.9. The lowest BCUT2D eigenvalue weighted by Gasteiger charge is -2.16. The minimum Gasteiger partial charge on any atom is -0.270 e. The van der Waals surface area contributed by atoms with E-state index in [0.29, 0.717) is 5.92 Å². The zero-order chi connectivity index (χ0) is 18.9. The summed E-state index contributed by atoms with van der Waals surface area (Å²) in [5.41, 5.74) is 1.19. The number of hydrogen-bond donors (Lipinski definition) is 0. The molecule has 0 aliphatic heterocycles. The first-order chi connectivity index (χ1) is 11.8. The third-order valence-corrected chi connectivity index (χ3v) is 6.67. The van der Waals surface area contributed by atoms with Gasteiger partial charge in [0, 0.05) is 0 Å². The van der Waals surface area contributed by atoms with E-state index >= 15 is 0 Å². The Morgan fingerprint density at radius 2 is 1.40 bits per heavy atom. The largest absolute Gasteiger partial charge is 0.296 e. The van der Waals surface area contributed by atoms with Crippen molar-refractivity contribution < 1.29 is 12.6 Å². The van der Waals surface area contributed by atoms with Crippen LogP contribution in [0.25, 0.3) is 0 Å². The van der Waals surface area contributed by atoms with Gasteiger partial charge in [0.05, 0.1) is 12.0 Å². The molecule has 0 saturated heterocycles. The zero-order valence-electron chi connectivity index (χ0n) is 16.6. The molecule has 0 spiro atoms. The maximum atomic E-state index is 11.7. The molecule has 0 fully saturated rings. The Hall–Kier alpha value is -0.870. The Bertz CT molecular complexity index is 578. The standard InChI is InChI=1S/C21H36O3S/c1-6-17(2)9-7-10-18(3)11-8-12-19(4)20-13-15-21(16-14-20)25(22,23)24-5/h13-19H,6-12H2,1-5H3. The van der Waals surface area contributed by atoms with Gasteiger partial charge in [0.1, 0.15) is 0 Å². The van der Waals surface area contributed by atoms with Gasteiger partial charge in [-0.2, -0.15) is 8.42 Å². The summed E-state index contributed by atoms with van der Waals surface area (Å²) in [5.74, 6) is 2.11. The van der Waals surface area contributed by atoms with Crippen molar-refractivity contribution in [3.63, 3.8) is 0 Å². The third-order valence-electron chi connectivity index (χ3n) is 5.38. The third kappa shape index (κ3) is 7.91. The molecule has 0 aromatic heterocycles. The van der Waals surface area contributed by atoms with Crippen LogP contribution in [0.1, 0.15) is 84.1 Å². The van der Waals surface area contributed by atoms with Crippen LogP contribution in [0.2, 0.25) is 0 Å². The van der Waals surface area contributed by atoms with Crippen molar-refractivity contribution in [2.24, 2.45) is 11.8 Å².